The molecule has 1 amide bonds. The van der Waals surface area contributed by atoms with Crippen molar-refractivity contribution in [3.63, 3.8) is 0 Å². The lowest BCUT2D eigenvalue weighted by atomic mass is 10.1. The first-order valence-corrected chi connectivity index (χ1v) is 12.5. The molecular weight excluding hydrogens is 444 g/mol. The second kappa shape index (κ2) is 8.31. The van der Waals surface area contributed by atoms with Gasteiger partial charge < -0.3 is 4.74 Å². The van der Waals surface area contributed by atoms with E-state index in [1.165, 1.54) is 44.2 Å². The van der Waals surface area contributed by atoms with E-state index in [9.17, 15) is 26.4 Å². The summed E-state index contributed by atoms with van der Waals surface area (Å²) in [5.41, 5.74) is 0.386. The largest absolute Gasteiger partial charge is 0.492 e. The molecule has 1 fully saturated rings. The molecule has 0 saturated carbocycles. The van der Waals surface area contributed by atoms with Gasteiger partial charge in [0.05, 0.1) is 24.0 Å². The summed E-state index contributed by atoms with van der Waals surface area (Å²) >= 11 is 0. The smallest absolute Gasteiger partial charge is 0.265 e. The van der Waals surface area contributed by atoms with Crippen molar-refractivity contribution < 1.29 is 31.2 Å². The van der Waals surface area contributed by atoms with Crippen LogP contribution in [-0.4, -0.2) is 40.9 Å². The van der Waals surface area contributed by atoms with E-state index in [0.717, 1.165) is 6.07 Å². The highest BCUT2D eigenvalue weighted by atomic mass is 32.2. The second-order valence-corrected chi connectivity index (χ2v) is 10.6. The zero-order valence-electron chi connectivity index (χ0n) is 17.2. The summed E-state index contributed by atoms with van der Waals surface area (Å²) in [5.74, 6) is -1.95. The molecule has 31 heavy (non-hydrogen) atoms. The standard InChI is InChI=1S/C20H22N2O7S2/c1-4-29-18-9-8-17(22-20(24)13(2)12-30(22,25)26)11-19(18)31(27,28)21-16-7-5-6-15(10-16)14(3)23/h5-11,13,21H,4,12H2,1-3H3/t13-/m1/s1. The van der Waals surface area contributed by atoms with Crippen LogP contribution in [0.5, 0.6) is 5.75 Å². The maximum Gasteiger partial charge on any atom is 0.265 e. The Bertz CT molecular complexity index is 1250. The molecule has 3 rings (SSSR count). The minimum Gasteiger partial charge on any atom is -0.492 e. The number of ketones is 1. The van der Waals surface area contributed by atoms with Crippen LogP contribution in [0.3, 0.4) is 0 Å². The lowest BCUT2D eigenvalue weighted by molar-refractivity contribution is -0.119. The number of benzene rings is 2. The second-order valence-electron chi connectivity index (χ2n) is 7.09. The molecule has 2 aromatic carbocycles. The third kappa shape index (κ3) is 4.57. The topological polar surface area (TPSA) is 127 Å². The Kier molecular flexibility index (Phi) is 6.10. The molecule has 1 atom stereocenters. The summed E-state index contributed by atoms with van der Waals surface area (Å²) in [7, 11) is -8.16. The van der Waals surface area contributed by atoms with Crippen LogP contribution in [0, 0.1) is 5.92 Å². The zero-order valence-corrected chi connectivity index (χ0v) is 18.8. The van der Waals surface area contributed by atoms with E-state index in [2.05, 4.69) is 4.72 Å². The maximum atomic E-state index is 13.1. The first-order chi connectivity index (χ1) is 14.5. The first kappa shape index (κ1) is 22.8. The van der Waals surface area contributed by atoms with Crippen LogP contribution in [0.1, 0.15) is 31.1 Å². The highest BCUT2D eigenvalue weighted by molar-refractivity contribution is 7.94. The molecule has 0 bridgehead atoms. The van der Waals surface area contributed by atoms with Crippen LogP contribution >= 0.6 is 0 Å². The molecular formula is C20H22N2O7S2. The zero-order chi connectivity index (χ0) is 23.0. The van der Waals surface area contributed by atoms with E-state index in [1.807, 2.05) is 0 Å². The van der Waals surface area contributed by atoms with E-state index in [4.69, 9.17) is 4.74 Å². The maximum absolute atomic E-state index is 13.1. The fourth-order valence-corrected chi connectivity index (χ4v) is 6.23. The van der Waals surface area contributed by atoms with Crippen LogP contribution < -0.4 is 13.8 Å². The van der Waals surface area contributed by atoms with Gasteiger partial charge in [0.15, 0.2) is 5.78 Å². The number of ether oxygens (including phenoxy) is 1. The van der Waals surface area contributed by atoms with Gasteiger partial charge >= 0.3 is 0 Å². The fourth-order valence-electron chi connectivity index (χ4n) is 3.21. The van der Waals surface area contributed by atoms with Crippen LogP contribution in [0.4, 0.5) is 11.4 Å². The number of carbonyl (C=O) groups is 2. The molecule has 1 heterocycles. The summed E-state index contributed by atoms with van der Waals surface area (Å²) in [6.45, 7) is 4.69. The predicted octanol–water partition coefficient (Wildman–Crippen LogP) is 2.40. The molecule has 1 aliphatic heterocycles. The molecule has 0 radical (unpaired) electrons. The van der Waals surface area contributed by atoms with Gasteiger partial charge in [-0.2, -0.15) is 0 Å². The van der Waals surface area contributed by atoms with Crippen LogP contribution in [0.2, 0.25) is 0 Å². The van der Waals surface area contributed by atoms with E-state index in [-0.39, 0.29) is 40.2 Å². The monoisotopic (exact) mass is 466 g/mol. The molecule has 1 aliphatic rings. The third-order valence-electron chi connectivity index (χ3n) is 4.63. The molecule has 0 aliphatic carbocycles. The van der Waals surface area contributed by atoms with Gasteiger partial charge in [-0.05, 0) is 44.2 Å². The summed E-state index contributed by atoms with van der Waals surface area (Å²) in [6.07, 6.45) is 0. The van der Waals surface area contributed by atoms with Crippen LogP contribution in [-0.2, 0) is 24.8 Å². The van der Waals surface area contributed by atoms with E-state index < -0.39 is 31.9 Å². The summed E-state index contributed by atoms with van der Waals surface area (Å²) in [6, 6.07) is 9.68. The van der Waals surface area contributed by atoms with E-state index in [1.54, 1.807) is 13.0 Å². The van der Waals surface area contributed by atoms with Gasteiger partial charge in [-0.15, -0.1) is 0 Å². The van der Waals surface area contributed by atoms with Crippen molar-refractivity contribution in [2.45, 2.75) is 25.7 Å². The molecule has 0 unspecified atom stereocenters. The van der Waals surface area contributed by atoms with Crippen molar-refractivity contribution in [3.8, 4) is 5.75 Å². The van der Waals surface area contributed by atoms with Crippen LogP contribution in [0.25, 0.3) is 0 Å². The Hall–Kier alpha value is -2.92. The summed E-state index contributed by atoms with van der Waals surface area (Å²) in [5, 5.41) is 0. The first-order valence-electron chi connectivity index (χ1n) is 9.44. The van der Waals surface area contributed by atoms with Gasteiger partial charge in [0, 0.05) is 11.3 Å². The van der Waals surface area contributed by atoms with Gasteiger partial charge in [0.25, 0.3) is 10.0 Å². The summed E-state index contributed by atoms with van der Waals surface area (Å²) < 4.78 is 59.5. The van der Waals surface area contributed by atoms with Gasteiger partial charge in [-0.25, -0.2) is 21.1 Å². The number of nitrogens with zero attached hydrogens (tertiary/aromatic N) is 1. The molecule has 166 valence electrons. The molecule has 1 saturated heterocycles. The normalized spacial score (nSPS) is 18.1. The Morgan fingerprint density at radius 2 is 1.94 bits per heavy atom. The van der Waals surface area contributed by atoms with Gasteiger partial charge in [-0.3, -0.25) is 14.3 Å². The molecule has 2 aromatic rings. The molecule has 9 nitrogen and oxygen atoms in total. The number of carbonyl (C=O) groups excluding carboxylic acids is 2. The molecule has 1 N–H and O–H groups in total. The fraction of sp³-hybridized carbons (Fsp3) is 0.300. The Balaban J connectivity index is 2.08. The number of hydrogen-bond donors (Lipinski definition) is 1. The van der Waals surface area contributed by atoms with Gasteiger partial charge in [0.1, 0.15) is 10.6 Å². The van der Waals surface area contributed by atoms with Crippen molar-refractivity contribution in [1.82, 2.24) is 0 Å². The number of nitrogens with one attached hydrogen (secondary N) is 1. The van der Waals surface area contributed by atoms with Crippen molar-refractivity contribution in [2.24, 2.45) is 5.92 Å². The summed E-state index contributed by atoms with van der Waals surface area (Å²) in [4.78, 5) is 23.7. The predicted molar refractivity (Wildman–Crippen MR) is 115 cm³/mol. The Labute approximate surface area is 181 Å². The molecule has 11 heteroatoms. The average molecular weight is 467 g/mol. The minimum atomic E-state index is -4.25. The average Bonchev–Trinajstić information content (AvgIpc) is 2.89. The van der Waals surface area contributed by atoms with E-state index in [0.29, 0.717) is 9.87 Å². The van der Waals surface area contributed by atoms with Crippen LogP contribution in [0.15, 0.2) is 47.4 Å². The molecule has 0 spiro atoms. The number of Topliss-reactive ketones (excluding diaryl/α,β-unsaturated/α-hetero) is 1. The number of sulfonamides is 2. The SMILES string of the molecule is CCOc1ccc(N2C(=O)[C@H](C)CS2(=O)=O)cc1S(=O)(=O)Nc1cccc(C(C)=O)c1. The number of rotatable bonds is 7. The Morgan fingerprint density at radius 3 is 2.52 bits per heavy atom. The van der Waals surface area contributed by atoms with Gasteiger partial charge in [-0.1, -0.05) is 19.1 Å². The molecule has 0 aromatic heterocycles. The third-order valence-corrected chi connectivity index (χ3v) is 7.90. The Morgan fingerprint density at radius 1 is 1.23 bits per heavy atom. The van der Waals surface area contributed by atoms with Crippen molar-refractivity contribution in [1.29, 1.82) is 0 Å². The van der Waals surface area contributed by atoms with Gasteiger partial charge in [0.2, 0.25) is 15.9 Å². The lowest BCUT2D eigenvalue weighted by Gasteiger charge is -2.19. The van der Waals surface area contributed by atoms with E-state index >= 15 is 0 Å². The van der Waals surface area contributed by atoms with Crippen molar-refractivity contribution in [2.75, 3.05) is 21.4 Å². The van der Waals surface area contributed by atoms with Crippen molar-refractivity contribution >= 4 is 43.1 Å². The quantitative estimate of drug-likeness (QED) is 0.621. The highest BCUT2D eigenvalue weighted by Crippen LogP contribution is 2.34. The highest BCUT2D eigenvalue weighted by Gasteiger charge is 2.42. The minimum absolute atomic E-state index is 0.00133. The number of amides is 1. The number of hydrogen-bond acceptors (Lipinski definition) is 7. The van der Waals surface area contributed by atoms with Crippen molar-refractivity contribution in [3.05, 3.63) is 48.0 Å². The number of anilines is 2. The lowest BCUT2D eigenvalue weighted by Crippen LogP contribution is -2.30.